The van der Waals surface area contributed by atoms with Crippen LogP contribution in [0.4, 0.5) is 0 Å². The van der Waals surface area contributed by atoms with Crippen molar-refractivity contribution in [3.05, 3.63) is 60.0 Å². The standard InChI is InChI=1S/C15H17N5O2/c1-2-5-13(6-3-1)12-21-10-4-7-15-17-14(18-22-15)11-20-9-8-16-19-20/h1-3,5-6,8-9H,4,7,10-12H2. The summed E-state index contributed by atoms with van der Waals surface area (Å²) in [5.41, 5.74) is 1.18. The van der Waals surface area contributed by atoms with Gasteiger partial charge in [0.1, 0.15) is 6.54 Å². The van der Waals surface area contributed by atoms with Gasteiger partial charge in [-0.1, -0.05) is 40.7 Å². The van der Waals surface area contributed by atoms with Gasteiger partial charge in [-0.05, 0) is 12.0 Å². The average molecular weight is 299 g/mol. The number of nitrogens with zero attached hydrogens (tertiary/aromatic N) is 5. The summed E-state index contributed by atoms with van der Waals surface area (Å²) in [6, 6.07) is 10.1. The molecule has 3 rings (SSSR count). The summed E-state index contributed by atoms with van der Waals surface area (Å²) in [5.74, 6) is 1.23. The van der Waals surface area contributed by atoms with Gasteiger partial charge < -0.3 is 9.26 Å². The molecule has 0 aliphatic heterocycles. The van der Waals surface area contributed by atoms with Gasteiger partial charge in [-0.3, -0.25) is 0 Å². The summed E-state index contributed by atoms with van der Waals surface area (Å²) in [4.78, 5) is 4.32. The van der Waals surface area contributed by atoms with E-state index in [1.807, 2.05) is 18.2 Å². The van der Waals surface area contributed by atoms with E-state index in [1.165, 1.54) is 5.56 Å². The molecule has 0 atom stereocenters. The summed E-state index contributed by atoms with van der Waals surface area (Å²) in [5, 5.41) is 11.5. The topological polar surface area (TPSA) is 78.9 Å². The molecular formula is C15H17N5O2. The minimum Gasteiger partial charge on any atom is -0.377 e. The van der Waals surface area contributed by atoms with Gasteiger partial charge in [0, 0.05) is 19.2 Å². The molecule has 2 aromatic heterocycles. The molecule has 0 aliphatic rings. The highest BCUT2D eigenvalue weighted by Gasteiger charge is 2.07. The van der Waals surface area contributed by atoms with Crippen molar-refractivity contribution < 1.29 is 9.26 Å². The van der Waals surface area contributed by atoms with Gasteiger partial charge in [0.25, 0.3) is 0 Å². The number of aryl methyl sites for hydroxylation is 1. The minimum atomic E-state index is 0.466. The number of aromatic nitrogens is 5. The second-order valence-electron chi connectivity index (χ2n) is 4.85. The lowest BCUT2D eigenvalue weighted by Crippen LogP contribution is -2.02. The third kappa shape index (κ3) is 4.23. The summed E-state index contributed by atoms with van der Waals surface area (Å²) in [6.07, 6.45) is 4.93. The lowest BCUT2D eigenvalue weighted by molar-refractivity contribution is 0.117. The Balaban J connectivity index is 1.36. The Hall–Kier alpha value is -2.54. The van der Waals surface area contributed by atoms with E-state index in [0.717, 1.165) is 6.42 Å². The third-order valence-corrected chi connectivity index (χ3v) is 3.08. The molecule has 2 heterocycles. The molecule has 0 unspecified atom stereocenters. The summed E-state index contributed by atoms with van der Waals surface area (Å²) in [6.45, 7) is 1.76. The van der Waals surface area contributed by atoms with Gasteiger partial charge in [0.15, 0.2) is 5.82 Å². The van der Waals surface area contributed by atoms with Crippen molar-refractivity contribution in [3.63, 3.8) is 0 Å². The van der Waals surface area contributed by atoms with Gasteiger partial charge in [-0.25, -0.2) is 4.68 Å². The molecule has 0 saturated heterocycles. The van der Waals surface area contributed by atoms with Crippen molar-refractivity contribution in [3.8, 4) is 0 Å². The van der Waals surface area contributed by atoms with Crippen LogP contribution in [0.2, 0.25) is 0 Å². The van der Waals surface area contributed by atoms with Gasteiger partial charge in [0.05, 0.1) is 12.8 Å². The van der Waals surface area contributed by atoms with E-state index in [1.54, 1.807) is 17.1 Å². The van der Waals surface area contributed by atoms with Crippen LogP contribution in [-0.4, -0.2) is 31.7 Å². The van der Waals surface area contributed by atoms with Gasteiger partial charge in [-0.15, -0.1) is 5.10 Å². The molecule has 0 aliphatic carbocycles. The molecule has 0 spiro atoms. The molecule has 0 radical (unpaired) electrons. The SMILES string of the molecule is c1ccc(COCCCc2nc(Cn3ccnn3)no2)cc1. The van der Waals surface area contributed by atoms with Crippen LogP contribution in [0.5, 0.6) is 0 Å². The van der Waals surface area contributed by atoms with E-state index >= 15 is 0 Å². The average Bonchev–Trinajstić information content (AvgIpc) is 3.21. The molecule has 0 fully saturated rings. The van der Waals surface area contributed by atoms with Gasteiger partial charge in [0.2, 0.25) is 5.89 Å². The number of benzene rings is 1. The van der Waals surface area contributed by atoms with Crippen molar-refractivity contribution >= 4 is 0 Å². The Morgan fingerprint density at radius 1 is 1.18 bits per heavy atom. The van der Waals surface area contributed by atoms with Crippen LogP contribution in [0, 0.1) is 0 Å². The van der Waals surface area contributed by atoms with Crippen LogP contribution in [0.25, 0.3) is 0 Å². The Kier molecular flexibility index (Phi) is 4.88. The van der Waals surface area contributed by atoms with Gasteiger partial charge >= 0.3 is 0 Å². The van der Waals surface area contributed by atoms with Crippen molar-refractivity contribution in [2.24, 2.45) is 0 Å². The lowest BCUT2D eigenvalue weighted by Gasteiger charge is -2.02. The van der Waals surface area contributed by atoms with E-state index in [9.17, 15) is 0 Å². The fourth-order valence-corrected chi connectivity index (χ4v) is 2.01. The van der Waals surface area contributed by atoms with E-state index in [0.29, 0.717) is 37.9 Å². The fraction of sp³-hybridized carbons (Fsp3) is 0.333. The molecule has 7 heteroatoms. The molecule has 3 aromatic rings. The quantitative estimate of drug-likeness (QED) is 0.591. The van der Waals surface area contributed by atoms with Crippen molar-refractivity contribution in [2.75, 3.05) is 6.61 Å². The number of hydrogen-bond acceptors (Lipinski definition) is 6. The van der Waals surface area contributed by atoms with Crippen LogP contribution in [0.1, 0.15) is 23.7 Å². The lowest BCUT2D eigenvalue weighted by atomic mass is 10.2. The minimum absolute atomic E-state index is 0.466. The highest BCUT2D eigenvalue weighted by Crippen LogP contribution is 2.04. The van der Waals surface area contributed by atoms with Crippen LogP contribution < -0.4 is 0 Å². The molecule has 7 nitrogen and oxygen atoms in total. The first-order valence-corrected chi connectivity index (χ1v) is 7.17. The van der Waals surface area contributed by atoms with Crippen LogP contribution in [0.3, 0.4) is 0 Å². The van der Waals surface area contributed by atoms with Crippen molar-refractivity contribution in [1.82, 2.24) is 25.1 Å². The van der Waals surface area contributed by atoms with Crippen LogP contribution >= 0.6 is 0 Å². The van der Waals surface area contributed by atoms with E-state index in [-0.39, 0.29) is 0 Å². The molecular weight excluding hydrogens is 282 g/mol. The molecule has 1 aromatic carbocycles. The zero-order valence-electron chi connectivity index (χ0n) is 12.1. The zero-order valence-corrected chi connectivity index (χ0v) is 12.1. The highest BCUT2D eigenvalue weighted by molar-refractivity contribution is 5.13. The number of ether oxygens (including phenoxy) is 1. The third-order valence-electron chi connectivity index (χ3n) is 3.08. The Morgan fingerprint density at radius 3 is 2.91 bits per heavy atom. The first-order chi connectivity index (χ1) is 10.9. The van der Waals surface area contributed by atoms with Gasteiger partial charge in [-0.2, -0.15) is 4.98 Å². The largest absolute Gasteiger partial charge is 0.377 e. The molecule has 0 saturated carbocycles. The Labute approximate surface area is 127 Å². The second kappa shape index (κ2) is 7.46. The normalized spacial score (nSPS) is 10.9. The number of hydrogen-bond donors (Lipinski definition) is 0. The second-order valence-corrected chi connectivity index (χ2v) is 4.85. The first kappa shape index (κ1) is 14.4. The summed E-state index contributed by atoms with van der Waals surface area (Å²) >= 11 is 0. The Morgan fingerprint density at radius 2 is 2.09 bits per heavy atom. The molecule has 0 N–H and O–H groups in total. The van der Waals surface area contributed by atoms with Crippen LogP contribution in [-0.2, 0) is 24.3 Å². The molecule has 114 valence electrons. The predicted octanol–water partition coefficient (Wildman–Crippen LogP) is 1.86. The maximum atomic E-state index is 5.62. The molecule has 0 amide bonds. The first-order valence-electron chi connectivity index (χ1n) is 7.17. The van der Waals surface area contributed by atoms with E-state index < -0.39 is 0 Å². The Bertz CT molecular complexity index is 666. The number of rotatable bonds is 8. The van der Waals surface area contributed by atoms with Crippen molar-refractivity contribution in [1.29, 1.82) is 0 Å². The fourth-order valence-electron chi connectivity index (χ4n) is 2.01. The molecule has 22 heavy (non-hydrogen) atoms. The maximum absolute atomic E-state index is 5.62. The van der Waals surface area contributed by atoms with E-state index in [4.69, 9.17) is 9.26 Å². The summed E-state index contributed by atoms with van der Waals surface area (Å²) in [7, 11) is 0. The maximum Gasteiger partial charge on any atom is 0.226 e. The van der Waals surface area contributed by atoms with E-state index in [2.05, 4.69) is 32.6 Å². The predicted molar refractivity (Wildman–Crippen MR) is 77.8 cm³/mol. The highest BCUT2D eigenvalue weighted by atomic mass is 16.5. The van der Waals surface area contributed by atoms with Crippen molar-refractivity contribution in [2.45, 2.75) is 26.0 Å². The smallest absolute Gasteiger partial charge is 0.226 e. The summed E-state index contributed by atoms with van der Waals surface area (Å²) < 4.78 is 12.5. The van der Waals surface area contributed by atoms with Crippen LogP contribution in [0.15, 0.2) is 47.2 Å². The zero-order chi connectivity index (χ0) is 15.0. The monoisotopic (exact) mass is 299 g/mol. The molecule has 0 bridgehead atoms.